The van der Waals surface area contributed by atoms with Crippen LogP contribution in [-0.4, -0.2) is 38.0 Å². The molecular formula is C12H17NO2. The van der Waals surface area contributed by atoms with Crippen LogP contribution in [0, 0.1) is 0 Å². The van der Waals surface area contributed by atoms with Gasteiger partial charge in [0.15, 0.2) is 0 Å². The molecular weight excluding hydrogens is 190 g/mol. The minimum atomic E-state index is 0.0963. The van der Waals surface area contributed by atoms with Crippen LogP contribution in [0.25, 0.3) is 0 Å². The second-order valence-corrected chi connectivity index (χ2v) is 3.80. The molecule has 0 spiro atoms. The van der Waals surface area contributed by atoms with Crippen LogP contribution in [0.2, 0.25) is 0 Å². The van der Waals surface area contributed by atoms with Crippen LogP contribution < -0.4 is 0 Å². The lowest BCUT2D eigenvalue weighted by molar-refractivity contribution is -0.149. The van der Waals surface area contributed by atoms with E-state index in [1.807, 2.05) is 6.07 Å². The summed E-state index contributed by atoms with van der Waals surface area (Å²) in [6.07, 6.45) is 0.0963. The average Bonchev–Trinajstić information content (AvgIpc) is 2.31. The van der Waals surface area contributed by atoms with Crippen molar-refractivity contribution in [1.82, 2.24) is 4.90 Å². The predicted molar refractivity (Wildman–Crippen MR) is 58.5 cm³/mol. The summed E-state index contributed by atoms with van der Waals surface area (Å²) in [5, 5.41) is 0. The molecule has 82 valence electrons. The zero-order valence-corrected chi connectivity index (χ0v) is 9.06. The number of likely N-dealkylation sites (N-methyl/N-ethyl adjacent to an activating group) is 1. The highest BCUT2D eigenvalue weighted by atomic mass is 16.6. The number of hydrogen-bond acceptors (Lipinski definition) is 3. The van der Waals surface area contributed by atoms with E-state index in [1.54, 1.807) is 0 Å². The van der Waals surface area contributed by atoms with Gasteiger partial charge in [0.2, 0.25) is 0 Å². The van der Waals surface area contributed by atoms with E-state index in [1.165, 1.54) is 5.56 Å². The lowest BCUT2D eigenvalue weighted by atomic mass is 10.2. The number of ether oxygens (including phenoxy) is 2. The molecule has 1 fully saturated rings. The summed E-state index contributed by atoms with van der Waals surface area (Å²) >= 11 is 0. The largest absolute Gasteiger partial charge is 0.375 e. The smallest absolute Gasteiger partial charge is 0.134 e. The summed E-state index contributed by atoms with van der Waals surface area (Å²) in [5.74, 6) is 0. The van der Waals surface area contributed by atoms with Gasteiger partial charge >= 0.3 is 0 Å². The quantitative estimate of drug-likeness (QED) is 0.749. The van der Waals surface area contributed by atoms with Crippen LogP contribution in [0.3, 0.4) is 0 Å². The lowest BCUT2D eigenvalue weighted by Crippen LogP contribution is -2.41. The third-order valence-electron chi connectivity index (χ3n) is 2.56. The minimum absolute atomic E-state index is 0.0963. The minimum Gasteiger partial charge on any atom is -0.375 e. The molecule has 0 aliphatic carbocycles. The monoisotopic (exact) mass is 207 g/mol. The second kappa shape index (κ2) is 5.26. The van der Waals surface area contributed by atoms with Gasteiger partial charge in [-0.3, -0.25) is 4.90 Å². The predicted octanol–water partition coefficient (Wildman–Crippen LogP) is 1.49. The zero-order chi connectivity index (χ0) is 10.5. The van der Waals surface area contributed by atoms with Gasteiger partial charge in [-0.05, 0) is 12.6 Å². The molecule has 3 heteroatoms. The van der Waals surface area contributed by atoms with E-state index in [2.05, 4.69) is 36.2 Å². The number of nitrogens with zero attached hydrogens (tertiary/aromatic N) is 1. The zero-order valence-electron chi connectivity index (χ0n) is 9.06. The van der Waals surface area contributed by atoms with Gasteiger partial charge < -0.3 is 9.47 Å². The van der Waals surface area contributed by atoms with Crippen LogP contribution in [-0.2, 0) is 16.0 Å². The topological polar surface area (TPSA) is 21.7 Å². The molecule has 1 aromatic rings. The maximum atomic E-state index is 5.61. The van der Waals surface area contributed by atoms with Crippen molar-refractivity contribution in [3.63, 3.8) is 0 Å². The molecule has 0 amide bonds. The fourth-order valence-corrected chi connectivity index (χ4v) is 1.70. The number of benzene rings is 1. The Morgan fingerprint density at radius 3 is 2.73 bits per heavy atom. The summed E-state index contributed by atoms with van der Waals surface area (Å²) in [4.78, 5) is 2.18. The van der Waals surface area contributed by atoms with Gasteiger partial charge in [0.05, 0.1) is 19.8 Å². The van der Waals surface area contributed by atoms with Gasteiger partial charge in [-0.2, -0.15) is 0 Å². The van der Waals surface area contributed by atoms with Crippen LogP contribution in [0.15, 0.2) is 30.3 Å². The van der Waals surface area contributed by atoms with E-state index in [0.717, 1.165) is 13.2 Å². The molecule has 2 rings (SSSR count). The molecule has 1 saturated heterocycles. The molecule has 1 atom stereocenters. The SMILES string of the molecule is CN(Cc1ccccc1)C1COCCO1. The molecule has 1 aromatic carbocycles. The van der Waals surface area contributed by atoms with E-state index in [-0.39, 0.29) is 6.23 Å². The van der Waals surface area contributed by atoms with Crippen molar-refractivity contribution < 1.29 is 9.47 Å². The summed E-state index contributed by atoms with van der Waals surface area (Å²) < 4.78 is 11.0. The molecule has 15 heavy (non-hydrogen) atoms. The first-order valence-corrected chi connectivity index (χ1v) is 5.30. The van der Waals surface area contributed by atoms with Crippen molar-refractivity contribution in [1.29, 1.82) is 0 Å². The molecule has 0 bridgehead atoms. The number of rotatable bonds is 3. The van der Waals surface area contributed by atoms with Crippen molar-refractivity contribution in [2.24, 2.45) is 0 Å². The Morgan fingerprint density at radius 1 is 1.27 bits per heavy atom. The summed E-state index contributed by atoms with van der Waals surface area (Å²) in [7, 11) is 2.06. The third kappa shape index (κ3) is 3.02. The Balaban J connectivity index is 1.88. The van der Waals surface area contributed by atoms with E-state index < -0.39 is 0 Å². The first kappa shape index (κ1) is 10.6. The van der Waals surface area contributed by atoms with Crippen molar-refractivity contribution in [3.8, 4) is 0 Å². The van der Waals surface area contributed by atoms with Crippen molar-refractivity contribution in [2.45, 2.75) is 12.8 Å². The van der Waals surface area contributed by atoms with E-state index in [4.69, 9.17) is 9.47 Å². The first-order valence-electron chi connectivity index (χ1n) is 5.30. The van der Waals surface area contributed by atoms with E-state index in [0.29, 0.717) is 13.2 Å². The van der Waals surface area contributed by atoms with Gasteiger partial charge in [0, 0.05) is 6.54 Å². The van der Waals surface area contributed by atoms with Gasteiger partial charge in [-0.25, -0.2) is 0 Å². The summed E-state index contributed by atoms with van der Waals surface area (Å²) in [6, 6.07) is 10.4. The third-order valence-corrected chi connectivity index (χ3v) is 2.56. The molecule has 0 saturated carbocycles. The van der Waals surface area contributed by atoms with E-state index >= 15 is 0 Å². The van der Waals surface area contributed by atoms with Crippen LogP contribution in [0.1, 0.15) is 5.56 Å². The Bertz CT molecular complexity index is 283. The average molecular weight is 207 g/mol. The Kier molecular flexibility index (Phi) is 3.72. The van der Waals surface area contributed by atoms with Crippen molar-refractivity contribution in [3.05, 3.63) is 35.9 Å². The number of hydrogen-bond donors (Lipinski definition) is 0. The summed E-state index contributed by atoms with van der Waals surface area (Å²) in [5.41, 5.74) is 1.30. The second-order valence-electron chi connectivity index (χ2n) is 3.80. The molecule has 1 unspecified atom stereocenters. The van der Waals surface area contributed by atoms with Crippen LogP contribution in [0.4, 0.5) is 0 Å². The Morgan fingerprint density at radius 2 is 2.07 bits per heavy atom. The van der Waals surface area contributed by atoms with Crippen LogP contribution in [0.5, 0.6) is 0 Å². The Hall–Kier alpha value is -0.900. The lowest BCUT2D eigenvalue weighted by Gasteiger charge is -2.31. The van der Waals surface area contributed by atoms with Gasteiger partial charge in [-0.15, -0.1) is 0 Å². The Labute approximate surface area is 90.6 Å². The molecule has 0 aromatic heterocycles. The summed E-state index contributed by atoms with van der Waals surface area (Å²) in [6.45, 7) is 2.98. The van der Waals surface area contributed by atoms with Crippen LogP contribution >= 0.6 is 0 Å². The van der Waals surface area contributed by atoms with E-state index in [9.17, 15) is 0 Å². The maximum Gasteiger partial charge on any atom is 0.134 e. The van der Waals surface area contributed by atoms with Crippen molar-refractivity contribution in [2.75, 3.05) is 26.9 Å². The standard InChI is InChI=1S/C12H17NO2/c1-13(12-10-14-7-8-15-12)9-11-5-3-2-4-6-11/h2-6,12H,7-10H2,1H3. The highest BCUT2D eigenvalue weighted by Crippen LogP contribution is 2.09. The fraction of sp³-hybridized carbons (Fsp3) is 0.500. The highest BCUT2D eigenvalue weighted by Gasteiger charge is 2.18. The molecule has 1 heterocycles. The maximum absolute atomic E-state index is 5.61. The van der Waals surface area contributed by atoms with Gasteiger partial charge in [-0.1, -0.05) is 30.3 Å². The molecule has 1 aliphatic rings. The molecule has 3 nitrogen and oxygen atoms in total. The normalized spacial score (nSPS) is 21.9. The van der Waals surface area contributed by atoms with Crippen molar-refractivity contribution >= 4 is 0 Å². The molecule has 0 N–H and O–H groups in total. The molecule has 0 radical (unpaired) electrons. The first-order chi connectivity index (χ1) is 7.36. The fourth-order valence-electron chi connectivity index (χ4n) is 1.70. The van der Waals surface area contributed by atoms with Gasteiger partial charge in [0.1, 0.15) is 6.23 Å². The molecule has 1 aliphatic heterocycles. The highest BCUT2D eigenvalue weighted by molar-refractivity contribution is 5.14. The van der Waals surface area contributed by atoms with Gasteiger partial charge in [0.25, 0.3) is 0 Å².